The van der Waals surface area contributed by atoms with Crippen LogP contribution in [0.15, 0.2) is 60.7 Å². The number of aliphatic hydroxyl groups excluding tert-OH is 1. The highest BCUT2D eigenvalue weighted by Crippen LogP contribution is 2.17. The average Bonchev–Trinajstić information content (AvgIpc) is 2.52. The van der Waals surface area contributed by atoms with Crippen LogP contribution in [0.25, 0.3) is 6.08 Å². The van der Waals surface area contributed by atoms with Crippen molar-refractivity contribution in [2.24, 2.45) is 0 Å². The van der Waals surface area contributed by atoms with Gasteiger partial charge in [-0.1, -0.05) is 54.6 Å². The van der Waals surface area contributed by atoms with Gasteiger partial charge in [0.1, 0.15) is 5.82 Å². The molecule has 0 aliphatic heterocycles. The van der Waals surface area contributed by atoms with Gasteiger partial charge in [0, 0.05) is 6.54 Å². The summed E-state index contributed by atoms with van der Waals surface area (Å²) in [6, 6.07) is 15.4. The molecule has 0 heterocycles. The van der Waals surface area contributed by atoms with Gasteiger partial charge in [-0.3, -0.25) is 4.79 Å². The molecule has 4 heteroatoms. The van der Waals surface area contributed by atoms with E-state index in [0.29, 0.717) is 12.1 Å². The van der Waals surface area contributed by atoms with Gasteiger partial charge in [-0.05, 0) is 23.3 Å². The van der Waals surface area contributed by atoms with Crippen molar-refractivity contribution in [2.45, 2.75) is 12.5 Å². The fourth-order valence-corrected chi connectivity index (χ4v) is 2.01. The van der Waals surface area contributed by atoms with Crippen molar-refractivity contribution in [3.8, 4) is 0 Å². The maximum absolute atomic E-state index is 13.1. The monoisotopic (exact) mass is 299 g/mol. The molecule has 0 saturated heterocycles. The minimum Gasteiger partial charge on any atom is -0.388 e. The first kappa shape index (κ1) is 15.9. The lowest BCUT2D eigenvalue weighted by Crippen LogP contribution is -2.25. The van der Waals surface area contributed by atoms with Crippen LogP contribution in [0, 0.1) is 5.82 Å². The predicted molar refractivity (Wildman–Crippen MR) is 84.5 cm³/mol. The molecule has 22 heavy (non-hydrogen) atoms. The highest BCUT2D eigenvalue weighted by atomic mass is 19.1. The van der Waals surface area contributed by atoms with Gasteiger partial charge in [0.15, 0.2) is 0 Å². The summed E-state index contributed by atoms with van der Waals surface area (Å²) in [5.41, 5.74) is 1.45. The Bertz CT molecular complexity index is 641. The number of hydrogen-bond acceptors (Lipinski definition) is 2. The number of benzene rings is 2. The van der Waals surface area contributed by atoms with Crippen molar-refractivity contribution in [3.63, 3.8) is 0 Å². The number of halogens is 1. The Morgan fingerprint density at radius 1 is 1.18 bits per heavy atom. The highest BCUT2D eigenvalue weighted by Gasteiger charge is 2.12. The Labute approximate surface area is 129 Å². The number of carbonyl (C=O) groups excluding carboxylic acids is 1. The molecule has 2 aromatic carbocycles. The highest BCUT2D eigenvalue weighted by molar-refractivity contribution is 5.76. The van der Waals surface area contributed by atoms with E-state index >= 15 is 0 Å². The molecule has 2 N–H and O–H groups in total. The van der Waals surface area contributed by atoms with E-state index in [2.05, 4.69) is 5.32 Å². The summed E-state index contributed by atoms with van der Waals surface area (Å²) in [6.45, 7) is 0.379. The largest absolute Gasteiger partial charge is 0.388 e. The van der Waals surface area contributed by atoms with Gasteiger partial charge in [-0.25, -0.2) is 4.39 Å². The number of amides is 1. The quantitative estimate of drug-likeness (QED) is 0.861. The standard InChI is InChI=1S/C18H18FNO2/c19-16-10-4-9-15(12-16)17(21)13-18(22)20-11-5-8-14-6-2-1-3-7-14/h1-10,12,17,21H,11,13H2,(H,20,22)/b8-5+. The maximum atomic E-state index is 13.1. The van der Waals surface area contributed by atoms with Crippen LogP contribution in [0.4, 0.5) is 4.39 Å². The Morgan fingerprint density at radius 3 is 2.68 bits per heavy atom. The van der Waals surface area contributed by atoms with Crippen LogP contribution < -0.4 is 5.32 Å². The molecule has 0 aliphatic rings. The number of hydrogen-bond donors (Lipinski definition) is 2. The lowest BCUT2D eigenvalue weighted by Gasteiger charge is -2.10. The summed E-state index contributed by atoms with van der Waals surface area (Å²) in [6.07, 6.45) is 2.64. The van der Waals surface area contributed by atoms with E-state index in [4.69, 9.17) is 0 Å². The molecule has 1 amide bonds. The lowest BCUT2D eigenvalue weighted by molar-refractivity contribution is -0.122. The Kier molecular flexibility index (Phi) is 5.86. The van der Waals surface area contributed by atoms with E-state index in [1.54, 1.807) is 6.07 Å². The molecular weight excluding hydrogens is 281 g/mol. The van der Waals surface area contributed by atoms with E-state index in [1.165, 1.54) is 18.2 Å². The first-order valence-corrected chi connectivity index (χ1v) is 7.07. The van der Waals surface area contributed by atoms with E-state index in [1.807, 2.05) is 42.5 Å². The maximum Gasteiger partial charge on any atom is 0.223 e. The summed E-state index contributed by atoms with van der Waals surface area (Å²) in [5.74, 6) is -0.711. The van der Waals surface area contributed by atoms with Crippen LogP contribution >= 0.6 is 0 Å². The van der Waals surface area contributed by atoms with Gasteiger partial charge in [0.25, 0.3) is 0 Å². The van der Waals surface area contributed by atoms with Crippen LogP contribution in [-0.2, 0) is 4.79 Å². The second kappa shape index (κ2) is 8.10. The van der Waals surface area contributed by atoms with Crippen molar-refractivity contribution in [1.82, 2.24) is 5.32 Å². The third kappa shape index (κ3) is 5.14. The van der Waals surface area contributed by atoms with Crippen LogP contribution in [0.5, 0.6) is 0 Å². The first-order valence-electron chi connectivity index (χ1n) is 7.07. The Morgan fingerprint density at radius 2 is 1.95 bits per heavy atom. The van der Waals surface area contributed by atoms with E-state index in [-0.39, 0.29) is 12.3 Å². The van der Waals surface area contributed by atoms with Crippen molar-refractivity contribution < 1.29 is 14.3 Å². The second-order valence-corrected chi connectivity index (χ2v) is 4.89. The van der Waals surface area contributed by atoms with Gasteiger partial charge in [-0.2, -0.15) is 0 Å². The zero-order chi connectivity index (χ0) is 15.8. The lowest BCUT2D eigenvalue weighted by atomic mass is 10.1. The molecular formula is C18H18FNO2. The smallest absolute Gasteiger partial charge is 0.223 e. The third-order valence-electron chi connectivity index (χ3n) is 3.14. The topological polar surface area (TPSA) is 49.3 Å². The van der Waals surface area contributed by atoms with Gasteiger partial charge >= 0.3 is 0 Å². The summed E-state index contributed by atoms with van der Waals surface area (Å²) < 4.78 is 13.1. The van der Waals surface area contributed by atoms with Crippen LogP contribution in [0.3, 0.4) is 0 Å². The summed E-state index contributed by atoms with van der Waals surface area (Å²) in [5, 5.41) is 12.6. The molecule has 1 unspecified atom stereocenters. The van der Waals surface area contributed by atoms with Crippen LogP contribution in [0.1, 0.15) is 23.7 Å². The number of carbonyl (C=O) groups is 1. The molecule has 0 saturated carbocycles. The molecule has 0 aliphatic carbocycles. The molecule has 0 spiro atoms. The SMILES string of the molecule is O=C(CC(O)c1cccc(F)c1)NC/C=C/c1ccccc1. The minimum absolute atomic E-state index is 0.0946. The number of aliphatic hydroxyl groups is 1. The van der Waals surface area contributed by atoms with Crippen LogP contribution in [-0.4, -0.2) is 17.6 Å². The predicted octanol–water partition coefficient (Wildman–Crippen LogP) is 3.08. The van der Waals surface area contributed by atoms with E-state index in [0.717, 1.165) is 5.56 Å². The zero-order valence-corrected chi connectivity index (χ0v) is 12.1. The molecule has 0 bridgehead atoms. The summed E-state index contributed by atoms with van der Waals surface area (Å²) >= 11 is 0. The minimum atomic E-state index is -1.01. The second-order valence-electron chi connectivity index (χ2n) is 4.89. The molecule has 0 aromatic heterocycles. The normalized spacial score (nSPS) is 12.3. The average molecular weight is 299 g/mol. The van der Waals surface area contributed by atoms with Gasteiger partial charge < -0.3 is 10.4 Å². The van der Waals surface area contributed by atoms with Gasteiger partial charge in [0.05, 0.1) is 12.5 Å². The molecule has 0 fully saturated rings. The Balaban J connectivity index is 1.77. The van der Waals surface area contributed by atoms with Gasteiger partial charge in [0.2, 0.25) is 5.91 Å². The first-order chi connectivity index (χ1) is 10.6. The van der Waals surface area contributed by atoms with Crippen molar-refractivity contribution in [2.75, 3.05) is 6.54 Å². The summed E-state index contributed by atoms with van der Waals surface area (Å²) in [4.78, 5) is 11.7. The van der Waals surface area contributed by atoms with Gasteiger partial charge in [-0.15, -0.1) is 0 Å². The molecule has 3 nitrogen and oxygen atoms in total. The fourth-order valence-electron chi connectivity index (χ4n) is 2.01. The van der Waals surface area contributed by atoms with Crippen LogP contribution in [0.2, 0.25) is 0 Å². The Hall–Kier alpha value is -2.46. The van der Waals surface area contributed by atoms with Crippen molar-refractivity contribution in [3.05, 3.63) is 77.6 Å². The third-order valence-corrected chi connectivity index (χ3v) is 3.14. The fraction of sp³-hybridized carbons (Fsp3) is 0.167. The summed E-state index contributed by atoms with van der Waals surface area (Å²) in [7, 11) is 0. The van der Waals surface area contributed by atoms with Crippen molar-refractivity contribution in [1.29, 1.82) is 0 Å². The number of rotatable bonds is 6. The molecule has 1 atom stereocenters. The van der Waals surface area contributed by atoms with Crippen molar-refractivity contribution >= 4 is 12.0 Å². The van der Waals surface area contributed by atoms with E-state index < -0.39 is 11.9 Å². The zero-order valence-electron chi connectivity index (χ0n) is 12.1. The molecule has 2 aromatic rings. The van der Waals surface area contributed by atoms with E-state index in [9.17, 15) is 14.3 Å². The number of nitrogens with one attached hydrogen (secondary N) is 1. The molecule has 2 rings (SSSR count). The molecule has 0 radical (unpaired) electrons. The molecule has 114 valence electrons.